The van der Waals surface area contributed by atoms with Crippen molar-refractivity contribution in [2.75, 3.05) is 13.1 Å². The van der Waals surface area contributed by atoms with Crippen molar-refractivity contribution >= 4 is 12.4 Å². The molecule has 0 radical (unpaired) electrons. The van der Waals surface area contributed by atoms with E-state index in [1.165, 1.54) is 0 Å². The van der Waals surface area contributed by atoms with Crippen molar-refractivity contribution < 1.29 is 4.39 Å². The highest BCUT2D eigenvalue weighted by molar-refractivity contribution is 5.85. The first-order chi connectivity index (χ1) is 6.38. The van der Waals surface area contributed by atoms with Gasteiger partial charge in [-0.15, -0.1) is 12.4 Å². The highest BCUT2D eigenvalue weighted by Crippen LogP contribution is 2.29. The quantitative estimate of drug-likeness (QED) is 0.800. The summed E-state index contributed by atoms with van der Waals surface area (Å²) in [5.74, 6) is 0.169. The second-order valence-electron chi connectivity index (χ2n) is 3.57. The molecule has 78 valence electrons. The Bertz CT molecular complexity index is 259. The predicted molar refractivity (Wildman–Crippen MR) is 58.5 cm³/mol. The number of benzene rings is 1. The molecule has 1 aliphatic heterocycles. The van der Waals surface area contributed by atoms with E-state index in [9.17, 15) is 4.39 Å². The van der Waals surface area contributed by atoms with Crippen LogP contribution in [0.25, 0.3) is 0 Å². The van der Waals surface area contributed by atoms with Crippen molar-refractivity contribution in [2.24, 2.45) is 5.92 Å². The number of halogens is 2. The van der Waals surface area contributed by atoms with Crippen molar-refractivity contribution in [3.63, 3.8) is 0 Å². The fraction of sp³-hybridized carbons (Fsp3) is 0.455. The van der Waals surface area contributed by atoms with Crippen LogP contribution in [0.15, 0.2) is 30.3 Å². The number of alkyl halides is 1. The average Bonchev–Trinajstić information content (AvgIpc) is 2.71. The van der Waals surface area contributed by atoms with Crippen LogP contribution in [0.1, 0.15) is 18.2 Å². The lowest BCUT2D eigenvalue weighted by atomic mass is 9.96. The molecule has 0 bridgehead atoms. The van der Waals surface area contributed by atoms with Crippen LogP contribution in [0.5, 0.6) is 0 Å². The summed E-state index contributed by atoms with van der Waals surface area (Å²) in [4.78, 5) is 0. The Hall–Kier alpha value is -0.600. The van der Waals surface area contributed by atoms with E-state index in [1.54, 1.807) is 0 Å². The topological polar surface area (TPSA) is 12.0 Å². The second-order valence-corrected chi connectivity index (χ2v) is 3.57. The molecule has 2 rings (SSSR count). The van der Waals surface area contributed by atoms with Crippen LogP contribution in [0.3, 0.4) is 0 Å². The van der Waals surface area contributed by atoms with Crippen LogP contribution in [0.2, 0.25) is 0 Å². The lowest BCUT2D eigenvalue weighted by Gasteiger charge is -2.14. The first-order valence-corrected chi connectivity index (χ1v) is 4.77. The molecular formula is C11H15ClFN. The van der Waals surface area contributed by atoms with E-state index >= 15 is 0 Å². The summed E-state index contributed by atoms with van der Waals surface area (Å²) in [6.45, 7) is 1.77. The number of hydrogen-bond acceptors (Lipinski definition) is 1. The Kier molecular flexibility index (Phi) is 4.36. The second kappa shape index (κ2) is 5.32. The lowest BCUT2D eigenvalue weighted by Crippen LogP contribution is -2.13. The SMILES string of the molecule is Cl.FC(c1ccccc1)C1CCNC1. The van der Waals surface area contributed by atoms with E-state index in [0.29, 0.717) is 0 Å². The minimum atomic E-state index is -0.795. The standard InChI is InChI=1S/C11H14FN.ClH/c12-11(10-6-7-13-8-10)9-4-2-1-3-5-9;/h1-5,10-11,13H,6-8H2;1H. The summed E-state index contributed by atoms with van der Waals surface area (Å²) in [5, 5.41) is 3.18. The van der Waals surface area contributed by atoms with Crippen molar-refractivity contribution in [2.45, 2.75) is 12.6 Å². The van der Waals surface area contributed by atoms with Crippen LogP contribution in [0, 0.1) is 5.92 Å². The molecule has 1 N–H and O–H groups in total. The molecule has 0 aliphatic carbocycles. The molecule has 1 aliphatic rings. The molecule has 3 heteroatoms. The summed E-state index contributed by atoms with van der Waals surface area (Å²) in [6.07, 6.45) is 0.159. The first-order valence-electron chi connectivity index (χ1n) is 4.77. The van der Waals surface area contributed by atoms with E-state index < -0.39 is 6.17 Å². The normalized spacial score (nSPS) is 22.8. The molecule has 0 aromatic heterocycles. The Morgan fingerprint density at radius 1 is 1.29 bits per heavy atom. The van der Waals surface area contributed by atoms with E-state index in [4.69, 9.17) is 0 Å². The number of nitrogens with one attached hydrogen (secondary N) is 1. The Morgan fingerprint density at radius 2 is 2.00 bits per heavy atom. The van der Waals surface area contributed by atoms with E-state index in [1.807, 2.05) is 30.3 Å². The third-order valence-corrected chi connectivity index (χ3v) is 2.63. The molecule has 14 heavy (non-hydrogen) atoms. The maximum atomic E-state index is 13.8. The molecule has 1 saturated heterocycles. The van der Waals surface area contributed by atoms with Gasteiger partial charge in [-0.3, -0.25) is 0 Å². The monoisotopic (exact) mass is 215 g/mol. The molecule has 1 aromatic rings. The zero-order valence-corrected chi connectivity index (χ0v) is 8.77. The van der Waals surface area contributed by atoms with Gasteiger partial charge in [0.2, 0.25) is 0 Å². The van der Waals surface area contributed by atoms with Crippen molar-refractivity contribution in [1.29, 1.82) is 0 Å². The van der Waals surface area contributed by atoms with Crippen molar-refractivity contribution in [3.05, 3.63) is 35.9 Å². The van der Waals surface area contributed by atoms with Gasteiger partial charge in [0.25, 0.3) is 0 Å². The fourth-order valence-corrected chi connectivity index (χ4v) is 1.84. The molecule has 0 saturated carbocycles. The molecule has 1 aromatic carbocycles. The maximum absolute atomic E-state index is 13.8. The number of hydrogen-bond donors (Lipinski definition) is 1. The molecular weight excluding hydrogens is 201 g/mol. The van der Waals surface area contributed by atoms with Gasteiger partial charge in [0, 0.05) is 12.5 Å². The van der Waals surface area contributed by atoms with Gasteiger partial charge >= 0.3 is 0 Å². The van der Waals surface area contributed by atoms with Gasteiger partial charge in [0.05, 0.1) is 0 Å². The summed E-state index contributed by atoms with van der Waals surface area (Å²) >= 11 is 0. The zero-order valence-electron chi connectivity index (χ0n) is 7.95. The first kappa shape index (κ1) is 11.5. The Balaban J connectivity index is 0.000000980. The highest BCUT2D eigenvalue weighted by Gasteiger charge is 2.25. The van der Waals surface area contributed by atoms with Gasteiger partial charge in [0.15, 0.2) is 0 Å². The smallest absolute Gasteiger partial charge is 0.129 e. The maximum Gasteiger partial charge on any atom is 0.129 e. The van der Waals surface area contributed by atoms with Gasteiger partial charge in [-0.1, -0.05) is 30.3 Å². The Morgan fingerprint density at radius 3 is 2.57 bits per heavy atom. The van der Waals surface area contributed by atoms with E-state index in [0.717, 1.165) is 25.1 Å². The van der Waals surface area contributed by atoms with Gasteiger partial charge < -0.3 is 5.32 Å². The van der Waals surface area contributed by atoms with Crippen molar-refractivity contribution in [1.82, 2.24) is 5.32 Å². The minimum absolute atomic E-state index is 0. The van der Waals surface area contributed by atoms with Crippen LogP contribution in [0.4, 0.5) is 4.39 Å². The minimum Gasteiger partial charge on any atom is -0.316 e. The molecule has 2 unspecified atom stereocenters. The molecule has 2 atom stereocenters. The predicted octanol–water partition coefficient (Wildman–Crippen LogP) is 2.73. The summed E-state index contributed by atoms with van der Waals surface area (Å²) < 4.78 is 13.8. The highest BCUT2D eigenvalue weighted by atomic mass is 35.5. The van der Waals surface area contributed by atoms with E-state index in [-0.39, 0.29) is 18.3 Å². The van der Waals surface area contributed by atoms with Crippen molar-refractivity contribution in [3.8, 4) is 0 Å². The zero-order chi connectivity index (χ0) is 9.10. The molecule has 1 heterocycles. The average molecular weight is 216 g/mol. The largest absolute Gasteiger partial charge is 0.316 e. The molecule has 0 amide bonds. The summed E-state index contributed by atoms with van der Waals surface area (Å²) in [7, 11) is 0. The van der Waals surface area contributed by atoms with Crippen LogP contribution in [-0.2, 0) is 0 Å². The summed E-state index contributed by atoms with van der Waals surface area (Å²) in [5.41, 5.74) is 0.816. The van der Waals surface area contributed by atoms with Gasteiger partial charge in [0.1, 0.15) is 6.17 Å². The van der Waals surface area contributed by atoms with E-state index in [2.05, 4.69) is 5.32 Å². The van der Waals surface area contributed by atoms with Crippen LogP contribution in [-0.4, -0.2) is 13.1 Å². The molecule has 0 spiro atoms. The third-order valence-electron chi connectivity index (χ3n) is 2.63. The third kappa shape index (κ3) is 2.46. The van der Waals surface area contributed by atoms with Gasteiger partial charge in [-0.2, -0.15) is 0 Å². The number of rotatable bonds is 2. The summed E-state index contributed by atoms with van der Waals surface area (Å²) in [6, 6.07) is 9.43. The van der Waals surface area contributed by atoms with Gasteiger partial charge in [-0.05, 0) is 18.5 Å². The Labute approximate surface area is 90.1 Å². The fourth-order valence-electron chi connectivity index (χ4n) is 1.84. The van der Waals surface area contributed by atoms with Crippen LogP contribution >= 0.6 is 12.4 Å². The van der Waals surface area contributed by atoms with Crippen LogP contribution < -0.4 is 5.32 Å². The molecule has 1 fully saturated rings. The van der Waals surface area contributed by atoms with Gasteiger partial charge in [-0.25, -0.2) is 4.39 Å². The lowest BCUT2D eigenvalue weighted by molar-refractivity contribution is 0.246. The molecule has 1 nitrogen and oxygen atoms in total.